The Morgan fingerprint density at radius 1 is 0.962 bits per heavy atom. The van der Waals surface area contributed by atoms with Gasteiger partial charge in [0.2, 0.25) is 0 Å². The summed E-state index contributed by atoms with van der Waals surface area (Å²) in [6.07, 6.45) is -6.31. The second kappa shape index (κ2) is 13.9. The van der Waals surface area contributed by atoms with Crippen molar-refractivity contribution in [3.05, 3.63) is 65.5 Å². The number of fused-ring (bicyclic) bond motifs is 1. The number of hydrogen-bond acceptors (Lipinski definition) is 5. The van der Waals surface area contributed by atoms with E-state index in [2.05, 4.69) is 38.8 Å². The lowest BCUT2D eigenvalue weighted by Crippen LogP contribution is -2.54. The van der Waals surface area contributed by atoms with Crippen molar-refractivity contribution < 1.29 is 49.4 Å². The first-order valence-electron chi connectivity index (χ1n) is 17.6. The van der Waals surface area contributed by atoms with Crippen molar-refractivity contribution >= 4 is 31.0 Å². The highest BCUT2D eigenvalue weighted by molar-refractivity contribution is 6.74. The van der Waals surface area contributed by atoms with Gasteiger partial charge in [0.25, 0.3) is 0 Å². The molecular weight excluding hydrogens is 724 g/mol. The number of ether oxygens (including phenoxy) is 2. The monoisotopic (exact) mass is 771 g/mol. The maximum Gasteiger partial charge on any atom is 0.418 e. The number of hydrogen-bond donors (Lipinski definition) is 0. The lowest BCUT2D eigenvalue weighted by atomic mass is 9.77. The van der Waals surface area contributed by atoms with Gasteiger partial charge in [-0.15, -0.1) is 0 Å². The summed E-state index contributed by atoms with van der Waals surface area (Å²) in [6.45, 7) is 16.2. The zero-order valence-corrected chi connectivity index (χ0v) is 32.5. The third-order valence-electron chi connectivity index (χ3n) is 10.4. The van der Waals surface area contributed by atoms with Crippen molar-refractivity contribution in [1.82, 2.24) is 14.5 Å². The Morgan fingerprint density at radius 3 is 2.11 bits per heavy atom. The summed E-state index contributed by atoms with van der Waals surface area (Å²) in [5.41, 5.74) is -2.43. The minimum Gasteiger partial charge on any atom is -0.491 e. The number of alkyl halides is 7. The molecule has 0 saturated heterocycles. The Balaban J connectivity index is 1.43. The summed E-state index contributed by atoms with van der Waals surface area (Å²) >= 11 is 0. The SMILES string of the molecule is CC(C)(C)OC(=O)N1[C@H](COc2cc(C(F)(F)F)c3c(c2)ncn3C2CC(C)(O[Si](C)(C)C(C)(C)C)C2)CC(c2ccc(C(F)(F)F)cc2)=C[C@@H]1CF. The molecule has 0 radical (unpaired) electrons. The third-order valence-corrected chi connectivity index (χ3v) is 15.0. The van der Waals surface area contributed by atoms with Crippen LogP contribution < -0.4 is 4.74 Å². The lowest BCUT2D eigenvalue weighted by Gasteiger charge is -2.52. The molecule has 292 valence electrons. The van der Waals surface area contributed by atoms with E-state index in [0.717, 1.165) is 23.1 Å². The smallest absolute Gasteiger partial charge is 0.418 e. The van der Waals surface area contributed by atoms with Crippen LogP contribution in [0.15, 0.2) is 48.8 Å². The fraction of sp³-hybridized carbons (Fsp3) is 0.579. The van der Waals surface area contributed by atoms with Crippen LogP contribution in [0.4, 0.5) is 35.5 Å². The molecule has 2 aromatic carbocycles. The highest BCUT2D eigenvalue weighted by Crippen LogP contribution is 2.51. The molecule has 7 nitrogen and oxygen atoms in total. The van der Waals surface area contributed by atoms with Crippen LogP contribution in [0.25, 0.3) is 16.6 Å². The average Bonchev–Trinajstić information content (AvgIpc) is 3.42. The van der Waals surface area contributed by atoms with E-state index in [1.54, 1.807) is 25.3 Å². The maximum absolute atomic E-state index is 14.7. The van der Waals surface area contributed by atoms with Crippen molar-refractivity contribution in [2.75, 3.05) is 13.3 Å². The van der Waals surface area contributed by atoms with Gasteiger partial charge in [0.15, 0.2) is 8.32 Å². The zero-order valence-electron chi connectivity index (χ0n) is 31.5. The Hall–Kier alpha value is -3.59. The van der Waals surface area contributed by atoms with Gasteiger partial charge in [-0.2, -0.15) is 26.3 Å². The molecule has 1 saturated carbocycles. The topological polar surface area (TPSA) is 65.8 Å². The highest BCUT2D eigenvalue weighted by Gasteiger charge is 2.50. The molecule has 1 aromatic heterocycles. The molecule has 1 aliphatic heterocycles. The number of nitrogens with zero attached hydrogens (tertiary/aromatic N) is 3. The van der Waals surface area contributed by atoms with Crippen molar-refractivity contribution in [2.45, 2.75) is 128 Å². The summed E-state index contributed by atoms with van der Waals surface area (Å²) in [4.78, 5) is 18.9. The van der Waals surface area contributed by atoms with Crippen LogP contribution in [0.1, 0.15) is 90.5 Å². The van der Waals surface area contributed by atoms with Gasteiger partial charge in [-0.25, -0.2) is 14.2 Å². The fourth-order valence-corrected chi connectivity index (χ4v) is 8.55. The number of aromatic nitrogens is 2. The first-order valence-corrected chi connectivity index (χ1v) is 20.5. The van der Waals surface area contributed by atoms with E-state index in [4.69, 9.17) is 13.9 Å². The number of carbonyl (C=O) groups is 1. The molecule has 15 heteroatoms. The summed E-state index contributed by atoms with van der Waals surface area (Å²) in [5, 5.41) is -0.0307. The number of amides is 1. The largest absolute Gasteiger partial charge is 0.491 e. The third kappa shape index (κ3) is 8.87. The molecule has 0 spiro atoms. The molecule has 3 aromatic rings. The van der Waals surface area contributed by atoms with E-state index in [-0.39, 0.29) is 40.9 Å². The van der Waals surface area contributed by atoms with Crippen LogP contribution in [0.3, 0.4) is 0 Å². The first-order chi connectivity index (χ1) is 24.2. The molecule has 0 unspecified atom stereocenters. The van der Waals surface area contributed by atoms with Crippen LogP contribution >= 0.6 is 0 Å². The highest BCUT2D eigenvalue weighted by atomic mass is 28.4. The quantitative estimate of drug-likeness (QED) is 0.169. The van der Waals surface area contributed by atoms with Gasteiger partial charge in [0, 0.05) is 12.1 Å². The van der Waals surface area contributed by atoms with Gasteiger partial charge in [-0.1, -0.05) is 39.0 Å². The number of halogens is 7. The Morgan fingerprint density at radius 2 is 1.58 bits per heavy atom. The summed E-state index contributed by atoms with van der Waals surface area (Å²) < 4.78 is 118. The van der Waals surface area contributed by atoms with Gasteiger partial charge in [-0.05, 0) is 94.4 Å². The van der Waals surface area contributed by atoms with Crippen molar-refractivity contribution in [1.29, 1.82) is 0 Å². The van der Waals surface area contributed by atoms with E-state index in [9.17, 15) is 35.5 Å². The minimum atomic E-state index is -4.77. The first kappa shape index (κ1) is 40.6. The van der Waals surface area contributed by atoms with Crippen LogP contribution in [0.5, 0.6) is 5.75 Å². The van der Waals surface area contributed by atoms with Crippen molar-refractivity contribution in [3.8, 4) is 5.75 Å². The predicted octanol–water partition coefficient (Wildman–Crippen LogP) is 11.0. The van der Waals surface area contributed by atoms with Crippen LogP contribution in [0.2, 0.25) is 18.1 Å². The van der Waals surface area contributed by atoms with E-state index >= 15 is 0 Å². The number of rotatable bonds is 8. The number of carbonyl (C=O) groups excluding carboxylic acids is 1. The van der Waals surface area contributed by atoms with E-state index in [1.807, 2.05) is 6.92 Å². The number of benzene rings is 2. The maximum atomic E-state index is 14.7. The Bertz CT molecular complexity index is 1830. The summed E-state index contributed by atoms with van der Waals surface area (Å²) in [5.74, 6) is -0.165. The van der Waals surface area contributed by atoms with Gasteiger partial charge in [0.1, 0.15) is 24.6 Å². The minimum absolute atomic E-state index is 0.00149. The molecule has 2 aliphatic rings. The molecule has 0 bridgehead atoms. The molecule has 2 heterocycles. The predicted molar refractivity (Wildman–Crippen MR) is 191 cm³/mol. The molecule has 1 amide bonds. The fourth-order valence-electron chi connectivity index (χ4n) is 6.85. The second-order valence-electron chi connectivity index (χ2n) is 16.9. The van der Waals surface area contributed by atoms with Gasteiger partial charge >= 0.3 is 18.4 Å². The normalized spacial score (nSPS) is 23.1. The molecule has 2 atom stereocenters. The van der Waals surface area contributed by atoms with Gasteiger partial charge in [-0.3, -0.25) is 4.90 Å². The summed E-state index contributed by atoms with van der Waals surface area (Å²) in [6, 6.07) is 4.22. The van der Waals surface area contributed by atoms with E-state index < -0.39 is 67.9 Å². The average molecular weight is 772 g/mol. The molecule has 0 N–H and O–H groups in total. The standard InChI is InChI=1S/C38H48F7N3O4Si/c1-34(2,3)51-33(49)48-26(20-39)14-24(23-10-12-25(13-11-23)37(40,41)42)15-27(48)21-50-29-16-30(38(43,44)45)32-31(17-29)46-22-47(32)28-18-36(7,19-28)52-53(8,9)35(4,5)6/h10-14,16-17,22,26-28H,15,18-21H2,1-9H3/t26-,27+,28?,36?/m1/s1. The van der Waals surface area contributed by atoms with Crippen molar-refractivity contribution in [2.24, 2.45) is 0 Å². The second-order valence-corrected chi connectivity index (χ2v) is 21.6. The lowest BCUT2D eigenvalue weighted by molar-refractivity contribution is -0.138. The Labute approximate surface area is 306 Å². The van der Waals surface area contributed by atoms with Crippen LogP contribution in [0, 0.1) is 0 Å². The van der Waals surface area contributed by atoms with Crippen LogP contribution in [-0.4, -0.2) is 65.4 Å². The Kier molecular flexibility index (Phi) is 10.7. The molecule has 5 rings (SSSR count). The molecule has 1 fully saturated rings. The molecular formula is C38H48F7N3O4Si. The van der Waals surface area contributed by atoms with Gasteiger partial charge in [0.05, 0.1) is 46.2 Å². The zero-order chi connectivity index (χ0) is 39.5. The molecule has 53 heavy (non-hydrogen) atoms. The van der Waals surface area contributed by atoms with E-state index in [1.165, 1.54) is 30.6 Å². The van der Waals surface area contributed by atoms with Crippen LogP contribution in [-0.2, 0) is 21.5 Å². The molecule has 1 aliphatic carbocycles. The van der Waals surface area contributed by atoms with E-state index in [0.29, 0.717) is 24.0 Å². The van der Waals surface area contributed by atoms with Crippen molar-refractivity contribution in [3.63, 3.8) is 0 Å². The summed E-state index contributed by atoms with van der Waals surface area (Å²) in [7, 11) is -2.13. The van der Waals surface area contributed by atoms with Gasteiger partial charge < -0.3 is 18.5 Å². The number of imidazole rings is 1.